The molecule has 3 nitrogen and oxygen atoms in total. The summed E-state index contributed by atoms with van der Waals surface area (Å²) < 4.78 is 22.0. The lowest BCUT2D eigenvalue weighted by molar-refractivity contribution is 0.268. The molecular formula is C12H16ClNO2S. The van der Waals surface area contributed by atoms with Crippen LogP contribution in [-0.2, 0) is 27.8 Å². The van der Waals surface area contributed by atoms with Crippen LogP contribution in [0.25, 0.3) is 0 Å². The first-order valence-corrected chi connectivity index (χ1v) is 8.21. The van der Waals surface area contributed by atoms with Crippen LogP contribution in [-0.4, -0.2) is 26.4 Å². The highest BCUT2D eigenvalue weighted by Gasteiger charge is 2.16. The number of hydrogen-bond acceptors (Lipinski definition) is 3. The molecule has 0 unspecified atom stereocenters. The third kappa shape index (κ3) is 3.44. The van der Waals surface area contributed by atoms with E-state index in [2.05, 4.69) is 11.8 Å². The molecule has 0 saturated heterocycles. The monoisotopic (exact) mass is 273 g/mol. The Morgan fingerprint density at radius 3 is 2.76 bits per heavy atom. The van der Waals surface area contributed by atoms with Gasteiger partial charge in [-0.2, -0.15) is 0 Å². The number of hydrogen-bond donors (Lipinski definition) is 0. The molecule has 0 amide bonds. The van der Waals surface area contributed by atoms with Crippen LogP contribution in [0.1, 0.15) is 23.6 Å². The van der Waals surface area contributed by atoms with Crippen molar-refractivity contribution >= 4 is 19.7 Å². The summed E-state index contributed by atoms with van der Waals surface area (Å²) in [6.07, 6.45) is 0.985. The topological polar surface area (TPSA) is 37.4 Å². The van der Waals surface area contributed by atoms with Crippen LogP contribution in [0.3, 0.4) is 0 Å². The minimum Gasteiger partial charge on any atom is -0.299 e. The van der Waals surface area contributed by atoms with Gasteiger partial charge in [-0.1, -0.05) is 25.1 Å². The molecule has 1 aliphatic rings. The molecule has 17 heavy (non-hydrogen) atoms. The molecule has 0 aromatic heterocycles. The molecule has 1 heterocycles. The molecule has 1 aromatic carbocycles. The Labute approximate surface area is 107 Å². The lowest BCUT2D eigenvalue weighted by Crippen LogP contribution is -2.30. The summed E-state index contributed by atoms with van der Waals surface area (Å²) in [7, 11) is 1.80. The maximum Gasteiger partial charge on any atom is 0.236 e. The summed E-state index contributed by atoms with van der Waals surface area (Å²) in [5, 5.41) is 0. The van der Waals surface area contributed by atoms with Crippen LogP contribution in [0.5, 0.6) is 0 Å². The number of benzene rings is 1. The third-order valence-corrected chi connectivity index (χ3v) is 4.15. The van der Waals surface area contributed by atoms with Crippen LogP contribution in [0.4, 0.5) is 0 Å². The minimum absolute atomic E-state index is 0.0840. The number of halogens is 1. The van der Waals surface area contributed by atoms with Crippen molar-refractivity contribution in [2.45, 2.75) is 25.6 Å². The van der Waals surface area contributed by atoms with Gasteiger partial charge in [0, 0.05) is 23.8 Å². The zero-order chi connectivity index (χ0) is 12.5. The summed E-state index contributed by atoms with van der Waals surface area (Å²) in [6, 6.07) is 5.86. The zero-order valence-corrected chi connectivity index (χ0v) is 11.4. The van der Waals surface area contributed by atoms with Crippen molar-refractivity contribution in [3.63, 3.8) is 0 Å². The predicted molar refractivity (Wildman–Crippen MR) is 69.6 cm³/mol. The van der Waals surface area contributed by atoms with Crippen LogP contribution < -0.4 is 0 Å². The number of likely N-dealkylation sites (N-methyl/N-ethyl adjacent to an activating group) is 1. The fourth-order valence-electron chi connectivity index (χ4n) is 2.22. The van der Waals surface area contributed by atoms with E-state index in [1.807, 2.05) is 18.2 Å². The largest absolute Gasteiger partial charge is 0.299 e. The van der Waals surface area contributed by atoms with Gasteiger partial charge in [0.25, 0.3) is 0 Å². The predicted octanol–water partition coefficient (Wildman–Crippen LogP) is 2.13. The summed E-state index contributed by atoms with van der Waals surface area (Å²) in [5.41, 5.74) is 3.34. The lowest BCUT2D eigenvalue weighted by atomic mass is 9.98. The van der Waals surface area contributed by atoms with Crippen LogP contribution in [0, 0.1) is 0 Å². The van der Waals surface area contributed by atoms with E-state index < -0.39 is 9.05 Å². The van der Waals surface area contributed by atoms with Crippen molar-refractivity contribution < 1.29 is 8.42 Å². The molecule has 0 bridgehead atoms. The van der Waals surface area contributed by atoms with Crippen molar-refractivity contribution in [3.8, 4) is 0 Å². The Kier molecular flexibility index (Phi) is 3.76. The number of rotatable bonds is 3. The second kappa shape index (κ2) is 4.96. The molecule has 0 N–H and O–H groups in total. The van der Waals surface area contributed by atoms with Gasteiger partial charge in [0.1, 0.15) is 0 Å². The summed E-state index contributed by atoms with van der Waals surface area (Å²) in [4.78, 5) is 2.38. The van der Waals surface area contributed by atoms with E-state index >= 15 is 0 Å². The average Bonchev–Trinajstić information content (AvgIpc) is 2.26. The molecule has 0 radical (unpaired) electrons. The van der Waals surface area contributed by atoms with Crippen molar-refractivity contribution in [1.29, 1.82) is 0 Å². The number of nitrogens with zero attached hydrogens (tertiary/aromatic N) is 1. The standard InChI is InChI=1S/C12H16ClNO2S/c1-2-14-6-5-11-7-10(9-17(13,15)16)3-4-12(11)8-14/h3-4,7H,2,5-6,8-9H2,1H3. The van der Waals surface area contributed by atoms with Crippen LogP contribution in [0.15, 0.2) is 18.2 Å². The Morgan fingerprint density at radius 1 is 1.35 bits per heavy atom. The highest BCUT2D eigenvalue weighted by molar-refractivity contribution is 8.13. The Balaban J connectivity index is 2.21. The van der Waals surface area contributed by atoms with E-state index in [0.29, 0.717) is 0 Å². The lowest BCUT2D eigenvalue weighted by Gasteiger charge is -2.27. The molecule has 1 aliphatic heterocycles. The maximum absolute atomic E-state index is 11.0. The van der Waals surface area contributed by atoms with Gasteiger partial charge in [-0.05, 0) is 29.7 Å². The van der Waals surface area contributed by atoms with E-state index in [4.69, 9.17) is 10.7 Å². The van der Waals surface area contributed by atoms with E-state index in [1.165, 1.54) is 11.1 Å². The van der Waals surface area contributed by atoms with Gasteiger partial charge in [0.15, 0.2) is 0 Å². The molecule has 0 spiro atoms. The Hall–Kier alpha value is -0.580. The fraction of sp³-hybridized carbons (Fsp3) is 0.500. The highest BCUT2D eigenvalue weighted by atomic mass is 35.7. The molecule has 1 aromatic rings. The third-order valence-electron chi connectivity index (χ3n) is 3.15. The van der Waals surface area contributed by atoms with Gasteiger partial charge in [0.05, 0.1) is 5.75 Å². The summed E-state index contributed by atoms with van der Waals surface area (Å²) in [6.45, 7) is 5.21. The van der Waals surface area contributed by atoms with Gasteiger partial charge in [-0.3, -0.25) is 4.90 Å². The highest BCUT2D eigenvalue weighted by Crippen LogP contribution is 2.21. The second-order valence-corrected chi connectivity index (χ2v) is 7.18. The van der Waals surface area contributed by atoms with Gasteiger partial charge >= 0.3 is 0 Å². The normalized spacial score (nSPS) is 16.8. The molecule has 94 valence electrons. The molecule has 0 saturated carbocycles. The smallest absolute Gasteiger partial charge is 0.236 e. The molecule has 5 heteroatoms. The summed E-state index contributed by atoms with van der Waals surface area (Å²) >= 11 is 0. The molecule has 0 atom stereocenters. The van der Waals surface area contributed by atoms with Gasteiger partial charge in [0.2, 0.25) is 9.05 Å². The first-order chi connectivity index (χ1) is 7.98. The van der Waals surface area contributed by atoms with Crippen LogP contribution in [0.2, 0.25) is 0 Å². The van der Waals surface area contributed by atoms with Crippen molar-refractivity contribution in [3.05, 3.63) is 34.9 Å². The van der Waals surface area contributed by atoms with Crippen molar-refractivity contribution in [1.82, 2.24) is 4.90 Å². The van der Waals surface area contributed by atoms with Crippen LogP contribution >= 0.6 is 10.7 Å². The van der Waals surface area contributed by atoms with Gasteiger partial charge < -0.3 is 0 Å². The SMILES string of the molecule is CCN1CCc2cc(CS(=O)(=O)Cl)ccc2C1. The van der Waals surface area contributed by atoms with Crippen molar-refractivity contribution in [2.24, 2.45) is 0 Å². The van der Waals surface area contributed by atoms with E-state index in [-0.39, 0.29) is 5.75 Å². The molecule has 0 aliphatic carbocycles. The Bertz CT molecular complexity index is 513. The quantitative estimate of drug-likeness (QED) is 0.792. The van der Waals surface area contributed by atoms with E-state index in [1.54, 1.807) is 0 Å². The average molecular weight is 274 g/mol. The van der Waals surface area contributed by atoms with Gasteiger partial charge in [-0.25, -0.2) is 8.42 Å². The zero-order valence-electron chi connectivity index (χ0n) is 9.82. The van der Waals surface area contributed by atoms with E-state index in [0.717, 1.165) is 31.6 Å². The first kappa shape index (κ1) is 12.9. The minimum atomic E-state index is -3.46. The summed E-state index contributed by atoms with van der Waals surface area (Å²) in [5.74, 6) is -0.0840. The maximum atomic E-state index is 11.0. The molecule has 0 fully saturated rings. The first-order valence-electron chi connectivity index (χ1n) is 5.73. The molecule has 2 rings (SSSR count). The molecular weight excluding hydrogens is 258 g/mol. The van der Waals surface area contributed by atoms with Crippen molar-refractivity contribution in [2.75, 3.05) is 13.1 Å². The number of fused-ring (bicyclic) bond motifs is 1. The Morgan fingerprint density at radius 2 is 2.12 bits per heavy atom. The van der Waals surface area contributed by atoms with E-state index in [9.17, 15) is 8.42 Å². The van der Waals surface area contributed by atoms with Gasteiger partial charge in [-0.15, -0.1) is 0 Å². The second-order valence-electron chi connectivity index (χ2n) is 4.41. The fourth-order valence-corrected chi connectivity index (χ4v) is 3.18.